The van der Waals surface area contributed by atoms with Gasteiger partial charge in [0.15, 0.2) is 0 Å². The molecule has 0 aromatic carbocycles. The summed E-state index contributed by atoms with van der Waals surface area (Å²) in [5, 5.41) is 12.3. The van der Waals surface area contributed by atoms with Gasteiger partial charge in [0.05, 0.1) is 24.5 Å². The smallest absolute Gasteiger partial charge is 0.326 e. The number of hydrogen-bond acceptors (Lipinski definition) is 6. The van der Waals surface area contributed by atoms with Gasteiger partial charge in [-0.25, -0.2) is 9.78 Å². The number of carboxylic acid groups (broad SMARTS) is 1. The first kappa shape index (κ1) is 24.6. The van der Waals surface area contributed by atoms with Crippen molar-refractivity contribution in [3.05, 3.63) is 18.2 Å². The Morgan fingerprint density at radius 2 is 2.16 bits per heavy atom. The summed E-state index contributed by atoms with van der Waals surface area (Å²) < 4.78 is 0. The minimum atomic E-state index is -0.990. The number of aliphatic carboxylic acids is 1. The number of nitrogens with one attached hydrogen (secondary N) is 2. The Labute approximate surface area is 193 Å². The Balaban J connectivity index is 1.65. The minimum absolute atomic E-state index is 0.0647. The zero-order chi connectivity index (χ0) is 23.1. The van der Waals surface area contributed by atoms with Gasteiger partial charge in [-0.15, -0.1) is 0 Å². The Morgan fingerprint density at radius 1 is 1.34 bits per heavy atom. The summed E-state index contributed by atoms with van der Waals surface area (Å²) in [5.41, 5.74) is 0.732. The van der Waals surface area contributed by atoms with Crippen molar-refractivity contribution < 1.29 is 19.5 Å². The molecule has 0 radical (unpaired) electrons. The number of rotatable bonds is 11. The van der Waals surface area contributed by atoms with Crippen LogP contribution in [0.5, 0.6) is 0 Å². The maximum atomic E-state index is 13.2. The summed E-state index contributed by atoms with van der Waals surface area (Å²) in [6.45, 7) is 4.23. The Hall–Kier alpha value is -2.07. The molecule has 2 saturated heterocycles. The van der Waals surface area contributed by atoms with E-state index in [2.05, 4.69) is 27.1 Å². The predicted molar refractivity (Wildman–Crippen MR) is 123 cm³/mol. The van der Waals surface area contributed by atoms with Gasteiger partial charge < -0.3 is 20.3 Å². The lowest BCUT2D eigenvalue weighted by molar-refractivity contribution is -0.143. The third-order valence-electron chi connectivity index (χ3n) is 6.68. The van der Waals surface area contributed by atoms with Crippen LogP contribution in [-0.4, -0.2) is 92.4 Å². The Bertz CT molecular complexity index is 774. The fourth-order valence-corrected chi connectivity index (χ4v) is 5.43. The van der Waals surface area contributed by atoms with E-state index in [-0.39, 0.29) is 36.2 Å². The Morgan fingerprint density at radius 3 is 2.81 bits per heavy atom. The lowest BCUT2D eigenvalue weighted by atomic mass is 9.96. The van der Waals surface area contributed by atoms with Crippen molar-refractivity contribution in [3.8, 4) is 0 Å². The number of likely N-dealkylation sites (tertiary alicyclic amines) is 2. The third kappa shape index (κ3) is 6.04. The molecule has 32 heavy (non-hydrogen) atoms. The van der Waals surface area contributed by atoms with Gasteiger partial charge in [-0.1, -0.05) is 13.3 Å². The second-order valence-corrected chi connectivity index (χ2v) is 9.68. The van der Waals surface area contributed by atoms with Gasteiger partial charge >= 0.3 is 5.97 Å². The molecule has 0 aliphatic carbocycles. The maximum Gasteiger partial charge on any atom is 0.326 e. The van der Waals surface area contributed by atoms with Crippen molar-refractivity contribution in [3.63, 3.8) is 0 Å². The summed E-state index contributed by atoms with van der Waals surface area (Å²) in [5.74, 6) is -0.251. The number of carbonyl (C=O) groups excluding carboxylic acids is 2. The monoisotopic (exact) mass is 465 g/mol. The molecule has 2 aliphatic heterocycles. The molecule has 1 aromatic rings. The van der Waals surface area contributed by atoms with E-state index in [1.54, 1.807) is 24.3 Å². The van der Waals surface area contributed by atoms with Crippen LogP contribution >= 0.6 is 11.8 Å². The molecule has 10 heteroatoms. The molecule has 0 spiro atoms. The first-order chi connectivity index (χ1) is 15.4. The molecule has 3 rings (SSSR count). The fraction of sp³-hybridized carbons (Fsp3) is 0.727. The first-order valence-electron chi connectivity index (χ1n) is 11.5. The molecule has 3 N–H and O–H groups in total. The highest BCUT2D eigenvalue weighted by atomic mass is 32.2. The zero-order valence-electron chi connectivity index (χ0n) is 19.0. The molecule has 4 atom stereocenters. The average molecular weight is 466 g/mol. The Kier molecular flexibility index (Phi) is 8.98. The molecule has 0 unspecified atom stereocenters. The maximum absolute atomic E-state index is 13.2. The van der Waals surface area contributed by atoms with Crippen molar-refractivity contribution in [1.29, 1.82) is 0 Å². The van der Waals surface area contributed by atoms with E-state index < -0.39 is 12.0 Å². The zero-order valence-corrected chi connectivity index (χ0v) is 19.8. The topological polar surface area (TPSA) is 119 Å². The lowest BCUT2D eigenvalue weighted by Crippen LogP contribution is -2.54. The van der Waals surface area contributed by atoms with Crippen LogP contribution < -0.4 is 5.32 Å². The fourth-order valence-electron chi connectivity index (χ4n) is 4.96. The van der Waals surface area contributed by atoms with E-state index >= 15 is 0 Å². The standard InChI is InChI=1S/C22H35N5O4S/c1-3-15-6-9-26(20(15)21(29)25-18(22(30)31)7-10-32-2)13-17-5-4-8-27(17)19(28)11-16-12-23-14-24-16/h12,14-15,17-18,20H,3-11,13H2,1-2H3,(H,23,24)(H,25,29)(H,30,31)/t15-,17-,18-,20-/m0/s1. The number of H-pyrrole nitrogens is 1. The number of nitrogens with zero attached hydrogens (tertiary/aromatic N) is 3. The molecule has 0 saturated carbocycles. The van der Waals surface area contributed by atoms with E-state index in [9.17, 15) is 19.5 Å². The minimum Gasteiger partial charge on any atom is -0.480 e. The number of carboxylic acids is 1. The second kappa shape index (κ2) is 11.7. The van der Waals surface area contributed by atoms with Crippen LogP contribution in [0, 0.1) is 5.92 Å². The van der Waals surface area contributed by atoms with E-state index in [0.717, 1.165) is 44.5 Å². The molecule has 3 heterocycles. The summed E-state index contributed by atoms with van der Waals surface area (Å²) >= 11 is 1.57. The number of aromatic nitrogens is 2. The number of amides is 2. The normalized spacial score (nSPS) is 24.6. The molecule has 0 bridgehead atoms. The highest BCUT2D eigenvalue weighted by Crippen LogP contribution is 2.30. The van der Waals surface area contributed by atoms with Crippen molar-refractivity contribution in [2.24, 2.45) is 5.92 Å². The number of imidazole rings is 1. The number of thioether (sulfide) groups is 1. The van der Waals surface area contributed by atoms with E-state index in [4.69, 9.17) is 0 Å². The average Bonchev–Trinajstić information content (AvgIpc) is 3.52. The van der Waals surface area contributed by atoms with Gasteiger partial charge in [0.2, 0.25) is 11.8 Å². The van der Waals surface area contributed by atoms with Crippen LogP contribution in [0.2, 0.25) is 0 Å². The lowest BCUT2D eigenvalue weighted by Gasteiger charge is -2.33. The molecule has 2 amide bonds. The van der Waals surface area contributed by atoms with E-state index in [1.165, 1.54) is 0 Å². The van der Waals surface area contributed by atoms with Gasteiger partial charge in [-0.3, -0.25) is 14.5 Å². The molecule has 2 aliphatic rings. The highest BCUT2D eigenvalue weighted by Gasteiger charge is 2.42. The van der Waals surface area contributed by atoms with E-state index in [1.807, 2.05) is 11.2 Å². The molecular formula is C22H35N5O4S. The van der Waals surface area contributed by atoms with Gasteiger partial charge in [-0.2, -0.15) is 11.8 Å². The molecule has 1 aromatic heterocycles. The number of hydrogen-bond donors (Lipinski definition) is 3. The van der Waals surface area contributed by atoms with Crippen LogP contribution in [0.4, 0.5) is 0 Å². The van der Waals surface area contributed by atoms with Crippen LogP contribution in [0.25, 0.3) is 0 Å². The van der Waals surface area contributed by atoms with E-state index in [0.29, 0.717) is 18.7 Å². The summed E-state index contributed by atoms with van der Waals surface area (Å²) in [6, 6.07) is -1.15. The van der Waals surface area contributed by atoms with Crippen molar-refractivity contribution in [2.45, 2.75) is 63.6 Å². The van der Waals surface area contributed by atoms with Crippen LogP contribution in [0.1, 0.15) is 44.7 Å². The molecular weight excluding hydrogens is 430 g/mol. The largest absolute Gasteiger partial charge is 0.480 e. The van der Waals surface area contributed by atoms with Crippen molar-refractivity contribution >= 4 is 29.5 Å². The summed E-state index contributed by atoms with van der Waals surface area (Å²) in [4.78, 5) is 48.8. The van der Waals surface area contributed by atoms with Crippen LogP contribution in [0.3, 0.4) is 0 Å². The SMILES string of the molecule is CC[C@H]1CCN(C[C@@H]2CCCN2C(=O)Cc2c[nH]cn2)[C@@H]1C(=O)N[C@@H](CCSC)C(=O)O. The highest BCUT2D eigenvalue weighted by molar-refractivity contribution is 7.98. The summed E-state index contributed by atoms with van der Waals surface area (Å²) in [6.07, 6.45) is 9.56. The predicted octanol–water partition coefficient (Wildman–Crippen LogP) is 1.37. The van der Waals surface area contributed by atoms with Crippen molar-refractivity contribution in [1.82, 2.24) is 25.1 Å². The van der Waals surface area contributed by atoms with Crippen LogP contribution in [-0.2, 0) is 20.8 Å². The van der Waals surface area contributed by atoms with Gasteiger partial charge in [0.25, 0.3) is 0 Å². The second-order valence-electron chi connectivity index (χ2n) is 8.70. The van der Waals surface area contributed by atoms with Gasteiger partial charge in [0.1, 0.15) is 6.04 Å². The number of aromatic amines is 1. The summed E-state index contributed by atoms with van der Waals surface area (Å²) in [7, 11) is 0. The molecule has 9 nitrogen and oxygen atoms in total. The third-order valence-corrected chi connectivity index (χ3v) is 7.32. The van der Waals surface area contributed by atoms with Crippen LogP contribution in [0.15, 0.2) is 12.5 Å². The first-order valence-corrected chi connectivity index (χ1v) is 12.9. The van der Waals surface area contributed by atoms with Gasteiger partial charge in [0, 0.05) is 25.3 Å². The number of carbonyl (C=O) groups is 3. The molecule has 2 fully saturated rings. The quantitative estimate of drug-likeness (QED) is 0.452. The molecule has 178 valence electrons. The van der Waals surface area contributed by atoms with Gasteiger partial charge in [-0.05, 0) is 50.2 Å². The van der Waals surface area contributed by atoms with Crippen molar-refractivity contribution in [2.75, 3.05) is 31.6 Å².